The van der Waals surface area contributed by atoms with Crippen LogP contribution in [0.2, 0.25) is 0 Å². The van der Waals surface area contributed by atoms with Crippen molar-refractivity contribution in [2.45, 2.75) is 33.5 Å². The number of halogens is 2. The van der Waals surface area contributed by atoms with Crippen LogP contribution in [0.25, 0.3) is 0 Å². The predicted molar refractivity (Wildman–Crippen MR) is 104 cm³/mol. The van der Waals surface area contributed by atoms with E-state index in [0.717, 1.165) is 11.1 Å². The van der Waals surface area contributed by atoms with E-state index in [2.05, 4.69) is 20.4 Å². The number of nitrogens with zero attached hydrogens (tertiary/aromatic N) is 1. The zero-order valence-corrected chi connectivity index (χ0v) is 16.1. The predicted octanol–water partition coefficient (Wildman–Crippen LogP) is 3.57. The van der Waals surface area contributed by atoms with Crippen LogP contribution in [-0.2, 0) is 13.1 Å². The number of benzene rings is 2. The monoisotopic (exact) mass is 393 g/mol. The van der Waals surface area contributed by atoms with Crippen molar-refractivity contribution >= 4 is 5.96 Å². The summed E-state index contributed by atoms with van der Waals surface area (Å²) in [5.74, 6) is 1.08. The molecule has 0 atom stereocenters. The Morgan fingerprint density at radius 2 is 1.89 bits per heavy atom. The van der Waals surface area contributed by atoms with Gasteiger partial charge in [-0.3, -0.25) is 0 Å². The molecular weight excluding hydrogens is 368 g/mol. The molecule has 0 amide bonds. The number of aromatic hydroxyl groups is 1. The Kier molecular flexibility index (Phi) is 7.86. The van der Waals surface area contributed by atoms with Crippen molar-refractivity contribution in [3.8, 4) is 17.2 Å². The fourth-order valence-electron chi connectivity index (χ4n) is 2.58. The zero-order valence-electron chi connectivity index (χ0n) is 16.1. The van der Waals surface area contributed by atoms with Crippen LogP contribution in [0.1, 0.15) is 23.6 Å². The number of guanidine groups is 1. The van der Waals surface area contributed by atoms with E-state index in [4.69, 9.17) is 4.74 Å². The third-order valence-corrected chi connectivity index (χ3v) is 3.89. The quantitative estimate of drug-likeness (QED) is 0.472. The minimum Gasteiger partial charge on any atom is -0.504 e. The Morgan fingerprint density at radius 3 is 2.54 bits per heavy atom. The number of aryl methyl sites for hydroxylation is 1. The molecule has 0 saturated carbocycles. The molecule has 6 nitrogen and oxygen atoms in total. The van der Waals surface area contributed by atoms with Gasteiger partial charge in [0, 0.05) is 18.7 Å². The number of phenolic OH excluding ortho intramolecular Hbond substituents is 1. The fourth-order valence-corrected chi connectivity index (χ4v) is 2.58. The van der Waals surface area contributed by atoms with Gasteiger partial charge in [0.2, 0.25) is 0 Å². The molecule has 0 aliphatic heterocycles. The van der Waals surface area contributed by atoms with Crippen LogP contribution in [0.4, 0.5) is 8.78 Å². The van der Waals surface area contributed by atoms with Gasteiger partial charge < -0.3 is 25.2 Å². The van der Waals surface area contributed by atoms with Crippen molar-refractivity contribution in [1.29, 1.82) is 0 Å². The maximum Gasteiger partial charge on any atom is 0.387 e. The van der Waals surface area contributed by atoms with E-state index < -0.39 is 6.61 Å². The van der Waals surface area contributed by atoms with Crippen molar-refractivity contribution in [2.24, 2.45) is 4.99 Å². The number of rotatable bonds is 8. The molecule has 0 aliphatic rings. The van der Waals surface area contributed by atoms with Crippen molar-refractivity contribution in [3.05, 3.63) is 53.1 Å². The Hall–Kier alpha value is -3.03. The largest absolute Gasteiger partial charge is 0.504 e. The van der Waals surface area contributed by atoms with E-state index in [-0.39, 0.29) is 18.0 Å². The molecule has 8 heteroatoms. The average Bonchev–Trinajstić information content (AvgIpc) is 2.65. The molecule has 0 fully saturated rings. The lowest BCUT2D eigenvalue weighted by Crippen LogP contribution is -2.36. The second-order valence-electron chi connectivity index (χ2n) is 6.04. The third-order valence-electron chi connectivity index (χ3n) is 3.89. The number of hydrogen-bond donors (Lipinski definition) is 3. The smallest absolute Gasteiger partial charge is 0.387 e. The summed E-state index contributed by atoms with van der Waals surface area (Å²) in [4.78, 5) is 4.46. The number of hydrogen-bond acceptors (Lipinski definition) is 4. The first kappa shape index (κ1) is 21.3. The van der Waals surface area contributed by atoms with Crippen molar-refractivity contribution < 1.29 is 23.4 Å². The lowest BCUT2D eigenvalue weighted by molar-refractivity contribution is -0.0504. The molecule has 0 aromatic heterocycles. The SMILES string of the molecule is CCNC(=NCc1ccc(OC)c(O)c1)NCc1cc(C)ccc1OC(F)F. The van der Waals surface area contributed by atoms with Gasteiger partial charge in [-0.2, -0.15) is 8.78 Å². The zero-order chi connectivity index (χ0) is 20.5. The Balaban J connectivity index is 2.09. The molecule has 0 aliphatic carbocycles. The van der Waals surface area contributed by atoms with E-state index in [9.17, 15) is 13.9 Å². The molecule has 2 aromatic rings. The summed E-state index contributed by atoms with van der Waals surface area (Å²) in [7, 11) is 1.48. The van der Waals surface area contributed by atoms with E-state index in [1.807, 2.05) is 13.8 Å². The van der Waals surface area contributed by atoms with Crippen molar-refractivity contribution in [1.82, 2.24) is 10.6 Å². The average molecular weight is 393 g/mol. The van der Waals surface area contributed by atoms with Gasteiger partial charge in [-0.15, -0.1) is 0 Å². The van der Waals surface area contributed by atoms with Crippen LogP contribution in [-0.4, -0.2) is 31.3 Å². The second kappa shape index (κ2) is 10.3. The topological polar surface area (TPSA) is 75.1 Å². The summed E-state index contributed by atoms with van der Waals surface area (Å²) in [5, 5.41) is 16.1. The first-order valence-corrected chi connectivity index (χ1v) is 8.85. The van der Waals surface area contributed by atoms with Crippen LogP contribution in [0.15, 0.2) is 41.4 Å². The van der Waals surface area contributed by atoms with Gasteiger partial charge in [0.05, 0.1) is 13.7 Å². The number of phenols is 1. The van der Waals surface area contributed by atoms with Crippen molar-refractivity contribution in [2.75, 3.05) is 13.7 Å². The van der Waals surface area contributed by atoms with Gasteiger partial charge in [0.25, 0.3) is 0 Å². The third kappa shape index (κ3) is 6.29. The fraction of sp³-hybridized carbons (Fsp3) is 0.350. The molecular formula is C20H25F2N3O3. The first-order chi connectivity index (χ1) is 13.4. The highest BCUT2D eigenvalue weighted by Crippen LogP contribution is 2.26. The van der Waals surface area contributed by atoms with Gasteiger partial charge in [0.1, 0.15) is 5.75 Å². The molecule has 0 bridgehead atoms. The van der Waals surface area contributed by atoms with Crippen LogP contribution in [0, 0.1) is 6.92 Å². The number of ether oxygens (including phenoxy) is 2. The van der Waals surface area contributed by atoms with E-state index in [0.29, 0.717) is 30.4 Å². The summed E-state index contributed by atoms with van der Waals surface area (Å²) in [6.45, 7) is 2.14. The van der Waals surface area contributed by atoms with Crippen LogP contribution in [0.5, 0.6) is 17.2 Å². The lowest BCUT2D eigenvalue weighted by Gasteiger charge is -2.15. The first-order valence-electron chi connectivity index (χ1n) is 8.85. The molecule has 0 unspecified atom stereocenters. The Bertz CT molecular complexity index is 813. The highest BCUT2D eigenvalue weighted by molar-refractivity contribution is 5.79. The molecule has 2 aromatic carbocycles. The molecule has 0 heterocycles. The van der Waals surface area contributed by atoms with E-state index in [1.165, 1.54) is 13.2 Å². The highest BCUT2D eigenvalue weighted by atomic mass is 19.3. The minimum atomic E-state index is -2.88. The van der Waals surface area contributed by atoms with Gasteiger partial charge in [-0.05, 0) is 37.6 Å². The molecule has 28 heavy (non-hydrogen) atoms. The van der Waals surface area contributed by atoms with Crippen LogP contribution >= 0.6 is 0 Å². The molecule has 152 valence electrons. The summed E-state index contributed by atoms with van der Waals surface area (Å²) in [6, 6.07) is 10.1. The van der Waals surface area contributed by atoms with Gasteiger partial charge in [0.15, 0.2) is 17.5 Å². The number of aliphatic imine (C=N–C) groups is 1. The van der Waals surface area contributed by atoms with Gasteiger partial charge in [-0.25, -0.2) is 4.99 Å². The van der Waals surface area contributed by atoms with E-state index >= 15 is 0 Å². The maximum absolute atomic E-state index is 12.6. The number of methoxy groups -OCH3 is 1. The van der Waals surface area contributed by atoms with E-state index in [1.54, 1.807) is 30.3 Å². The van der Waals surface area contributed by atoms with Gasteiger partial charge in [-0.1, -0.05) is 23.8 Å². The summed E-state index contributed by atoms with van der Waals surface area (Å²) >= 11 is 0. The Labute approximate surface area is 163 Å². The summed E-state index contributed by atoms with van der Waals surface area (Å²) in [6.07, 6.45) is 0. The molecule has 0 spiro atoms. The van der Waals surface area contributed by atoms with Crippen LogP contribution < -0.4 is 20.1 Å². The molecule has 0 radical (unpaired) electrons. The standard InChI is InChI=1S/C20H25F2N3O3/c1-4-23-20(24-11-14-6-8-18(27-3)16(26)10-14)25-12-15-9-13(2)5-7-17(15)28-19(21)22/h5-10,19,26H,4,11-12H2,1-3H3,(H2,23,24,25). The molecule has 3 N–H and O–H groups in total. The van der Waals surface area contributed by atoms with Crippen molar-refractivity contribution in [3.63, 3.8) is 0 Å². The van der Waals surface area contributed by atoms with Gasteiger partial charge >= 0.3 is 6.61 Å². The number of nitrogens with one attached hydrogen (secondary N) is 2. The summed E-state index contributed by atoms with van der Waals surface area (Å²) in [5.41, 5.74) is 2.34. The maximum atomic E-state index is 12.6. The number of alkyl halides is 2. The normalized spacial score (nSPS) is 11.4. The van der Waals surface area contributed by atoms with Crippen LogP contribution in [0.3, 0.4) is 0 Å². The molecule has 0 saturated heterocycles. The molecule has 2 rings (SSSR count). The highest BCUT2D eigenvalue weighted by Gasteiger charge is 2.10. The second-order valence-corrected chi connectivity index (χ2v) is 6.04. The summed E-state index contributed by atoms with van der Waals surface area (Å²) < 4.78 is 34.8. The minimum absolute atomic E-state index is 0.0433. The lowest BCUT2D eigenvalue weighted by atomic mass is 10.1. The Morgan fingerprint density at radius 1 is 1.14 bits per heavy atom.